The number of methoxy groups -OCH3 is 2. The highest BCUT2D eigenvalue weighted by Gasteiger charge is 2.46. The van der Waals surface area contributed by atoms with Gasteiger partial charge in [-0.15, -0.1) is 0 Å². The van der Waals surface area contributed by atoms with Gasteiger partial charge in [0, 0.05) is 5.41 Å². The van der Waals surface area contributed by atoms with E-state index in [1.807, 2.05) is 86.6 Å². The molecular formula is C50H50O9. The van der Waals surface area contributed by atoms with E-state index in [2.05, 4.69) is 42.8 Å². The Morgan fingerprint density at radius 2 is 0.915 bits per heavy atom. The molecule has 0 amide bonds. The van der Waals surface area contributed by atoms with Crippen LogP contribution >= 0.6 is 0 Å². The van der Waals surface area contributed by atoms with Gasteiger partial charge in [0.25, 0.3) is 0 Å². The molecular weight excluding hydrogens is 745 g/mol. The van der Waals surface area contributed by atoms with E-state index in [4.69, 9.17) is 23.7 Å². The topological polar surface area (TPSA) is 107 Å². The van der Waals surface area contributed by atoms with Crippen molar-refractivity contribution in [3.8, 4) is 34.1 Å². The molecule has 0 aliphatic heterocycles. The Morgan fingerprint density at radius 1 is 0.525 bits per heavy atom. The average Bonchev–Trinajstić information content (AvgIpc) is 3.53. The first-order chi connectivity index (χ1) is 27.5. The number of rotatable bonds is 9. The molecule has 304 valence electrons. The maximum atomic E-state index is 13.2. The molecule has 0 radical (unpaired) electrons. The fraction of sp³-hybridized carbons (Fsp3) is 0.220. The minimum Gasteiger partial charge on any atom is -0.437 e. The van der Waals surface area contributed by atoms with Crippen LogP contribution in [-0.2, 0) is 20.3 Å². The van der Waals surface area contributed by atoms with Crippen molar-refractivity contribution in [1.82, 2.24) is 0 Å². The lowest BCUT2D eigenvalue weighted by Crippen LogP contribution is -2.29. The average molecular weight is 795 g/mol. The molecule has 0 fully saturated rings. The van der Waals surface area contributed by atoms with Crippen LogP contribution in [0.3, 0.4) is 0 Å². The molecule has 0 bridgehead atoms. The monoisotopic (exact) mass is 794 g/mol. The van der Waals surface area contributed by atoms with E-state index in [1.165, 1.54) is 14.2 Å². The van der Waals surface area contributed by atoms with Crippen LogP contribution < -0.4 is 18.9 Å². The number of carbonyl (C=O) groups is 3. The summed E-state index contributed by atoms with van der Waals surface area (Å²) < 4.78 is 31.3. The molecule has 0 heterocycles. The summed E-state index contributed by atoms with van der Waals surface area (Å²) in [6, 6.07) is 43.0. The van der Waals surface area contributed by atoms with Gasteiger partial charge in [-0.1, -0.05) is 126 Å². The summed E-state index contributed by atoms with van der Waals surface area (Å²) in [6.07, 6.45) is -1.64. The number of fused-ring (bicyclic) bond motifs is 3. The third-order valence-electron chi connectivity index (χ3n) is 11.0. The normalized spacial score (nSPS) is 12.8. The van der Waals surface area contributed by atoms with Crippen molar-refractivity contribution in [2.75, 3.05) is 14.2 Å². The maximum absolute atomic E-state index is 13.2. The van der Waals surface area contributed by atoms with Gasteiger partial charge in [0.15, 0.2) is 0 Å². The SMILES string of the molecule is C.C.CCC(C)(c1ccc(OC(=O)OC)cc1)c1ccc(OC(=O)Oc2ccc(C3(c4ccc(OC(=O)OC)c(C)c4)c4ccccc4-c4ccccc43)cc2C)cc1. The van der Waals surface area contributed by atoms with Gasteiger partial charge in [-0.2, -0.15) is 0 Å². The van der Waals surface area contributed by atoms with Crippen molar-refractivity contribution < 1.29 is 42.8 Å². The van der Waals surface area contributed by atoms with E-state index in [1.54, 1.807) is 36.4 Å². The lowest BCUT2D eigenvalue weighted by molar-refractivity contribution is 0.120. The lowest BCUT2D eigenvalue weighted by Gasteiger charge is -2.34. The van der Waals surface area contributed by atoms with Gasteiger partial charge in [-0.3, -0.25) is 0 Å². The van der Waals surface area contributed by atoms with Gasteiger partial charge < -0.3 is 28.4 Å². The summed E-state index contributed by atoms with van der Waals surface area (Å²) in [5, 5.41) is 0. The van der Waals surface area contributed by atoms with E-state index in [9.17, 15) is 14.4 Å². The first kappa shape index (κ1) is 43.3. The summed E-state index contributed by atoms with van der Waals surface area (Å²) >= 11 is 0. The molecule has 59 heavy (non-hydrogen) atoms. The first-order valence-corrected chi connectivity index (χ1v) is 18.6. The Morgan fingerprint density at radius 3 is 1.32 bits per heavy atom. The predicted molar refractivity (Wildman–Crippen MR) is 229 cm³/mol. The van der Waals surface area contributed by atoms with Crippen LogP contribution in [0.15, 0.2) is 133 Å². The molecule has 0 saturated carbocycles. The molecule has 9 nitrogen and oxygen atoms in total. The minimum absolute atomic E-state index is 0. The molecule has 1 unspecified atom stereocenters. The molecule has 0 N–H and O–H groups in total. The quantitative estimate of drug-likeness (QED) is 0.104. The van der Waals surface area contributed by atoms with Gasteiger partial charge in [0.2, 0.25) is 0 Å². The minimum atomic E-state index is -0.860. The zero-order valence-electron chi connectivity index (χ0n) is 32.6. The van der Waals surface area contributed by atoms with Gasteiger partial charge in [0.05, 0.1) is 19.6 Å². The van der Waals surface area contributed by atoms with E-state index in [-0.39, 0.29) is 20.3 Å². The van der Waals surface area contributed by atoms with Crippen molar-refractivity contribution in [2.24, 2.45) is 0 Å². The Bertz CT molecular complexity index is 2420. The van der Waals surface area contributed by atoms with Crippen molar-refractivity contribution >= 4 is 18.5 Å². The number of hydrogen-bond acceptors (Lipinski definition) is 9. The van der Waals surface area contributed by atoms with Gasteiger partial charge >= 0.3 is 18.5 Å². The highest BCUT2D eigenvalue weighted by molar-refractivity contribution is 5.86. The fourth-order valence-electron chi connectivity index (χ4n) is 7.85. The molecule has 1 aliphatic rings. The molecule has 0 aromatic heterocycles. The van der Waals surface area contributed by atoms with Crippen LogP contribution in [-0.4, -0.2) is 32.7 Å². The third kappa shape index (κ3) is 8.01. The summed E-state index contributed by atoms with van der Waals surface area (Å²) in [7, 11) is 2.54. The molecule has 6 aromatic rings. The smallest absolute Gasteiger partial charge is 0.437 e. The largest absolute Gasteiger partial charge is 0.519 e. The second-order valence-corrected chi connectivity index (χ2v) is 14.1. The van der Waals surface area contributed by atoms with Gasteiger partial charge in [-0.25, -0.2) is 14.4 Å². The van der Waals surface area contributed by atoms with Crippen molar-refractivity contribution in [3.63, 3.8) is 0 Å². The molecule has 0 spiro atoms. The third-order valence-corrected chi connectivity index (χ3v) is 11.0. The van der Waals surface area contributed by atoms with Crippen LogP contribution in [0.4, 0.5) is 14.4 Å². The summed E-state index contributed by atoms with van der Waals surface area (Å²) in [5.74, 6) is 1.50. The molecule has 7 rings (SSSR count). The van der Waals surface area contributed by atoms with Crippen LogP contribution in [0.2, 0.25) is 0 Å². The fourth-order valence-corrected chi connectivity index (χ4v) is 7.85. The molecule has 6 aromatic carbocycles. The second kappa shape index (κ2) is 17.7. The Labute approximate surface area is 346 Å². The maximum Gasteiger partial charge on any atom is 0.519 e. The number of aryl methyl sites for hydroxylation is 2. The Hall–Kier alpha value is -6.87. The first-order valence-electron chi connectivity index (χ1n) is 18.6. The summed E-state index contributed by atoms with van der Waals surface area (Å²) in [5.41, 5.74) is 8.86. The Kier molecular flexibility index (Phi) is 13.0. The van der Waals surface area contributed by atoms with Crippen molar-refractivity contribution in [1.29, 1.82) is 0 Å². The van der Waals surface area contributed by atoms with E-state index in [0.29, 0.717) is 23.0 Å². The highest BCUT2D eigenvalue weighted by atomic mass is 16.7. The standard InChI is InChI=1S/C48H42O9.2CH4/c1-7-47(4,32-16-22-36(23-17-32)54-44(49)52-5)33-18-24-37(25-19-33)55-46(51)57-43-27-21-35(29-31(43)3)48(34-20-26-42(30(2)28-34)56-45(50)53-6)40-14-10-8-12-38(40)39-13-9-11-15-41(39)48;;/h8-29H,7H2,1-6H3;2*1H4. The van der Waals surface area contributed by atoms with E-state index >= 15 is 0 Å². The number of benzene rings is 6. The summed E-state index contributed by atoms with van der Waals surface area (Å²) in [6.45, 7) is 8.03. The highest BCUT2D eigenvalue weighted by Crippen LogP contribution is 2.56. The molecule has 1 aliphatic carbocycles. The molecule has 9 heteroatoms. The zero-order chi connectivity index (χ0) is 40.3. The van der Waals surface area contributed by atoms with Gasteiger partial charge in [-0.05, 0) is 112 Å². The predicted octanol–water partition coefficient (Wildman–Crippen LogP) is 12.5. The van der Waals surface area contributed by atoms with Crippen molar-refractivity contribution in [3.05, 3.63) is 178 Å². The number of carbonyl (C=O) groups excluding carboxylic acids is 3. The molecule has 0 saturated heterocycles. The van der Waals surface area contributed by atoms with Crippen LogP contribution in [0.25, 0.3) is 11.1 Å². The van der Waals surface area contributed by atoms with E-state index in [0.717, 1.165) is 62.1 Å². The zero-order valence-corrected chi connectivity index (χ0v) is 32.6. The second-order valence-electron chi connectivity index (χ2n) is 14.1. The summed E-state index contributed by atoms with van der Waals surface area (Å²) in [4.78, 5) is 36.7. The molecule has 1 atom stereocenters. The van der Waals surface area contributed by atoms with Crippen molar-refractivity contribution in [2.45, 2.75) is 59.8 Å². The van der Waals surface area contributed by atoms with E-state index < -0.39 is 23.9 Å². The van der Waals surface area contributed by atoms with Gasteiger partial charge in [0.1, 0.15) is 23.0 Å². The number of hydrogen-bond donors (Lipinski definition) is 0. The Balaban J connectivity index is 0.00000331. The number of ether oxygens (including phenoxy) is 6. The van der Waals surface area contributed by atoms with Crippen LogP contribution in [0, 0.1) is 13.8 Å². The van der Waals surface area contributed by atoms with Crippen LogP contribution in [0.1, 0.15) is 79.6 Å². The lowest BCUT2D eigenvalue weighted by atomic mass is 9.67. The van der Waals surface area contributed by atoms with Crippen LogP contribution in [0.5, 0.6) is 23.0 Å².